The Morgan fingerprint density at radius 1 is 1.22 bits per heavy atom. The first kappa shape index (κ1) is 12.5. The highest BCUT2D eigenvalue weighted by atomic mass is 35.5. The van der Waals surface area contributed by atoms with E-state index < -0.39 is 5.91 Å². The molecule has 0 bridgehead atoms. The van der Waals surface area contributed by atoms with E-state index >= 15 is 0 Å². The van der Waals surface area contributed by atoms with Gasteiger partial charge in [-0.05, 0) is 6.07 Å². The minimum absolute atomic E-state index is 0.0573. The molecular weight excluding hydrogens is 277 g/mol. The first-order chi connectivity index (χ1) is 8.56. The van der Waals surface area contributed by atoms with Crippen LogP contribution in [0.3, 0.4) is 0 Å². The number of anilines is 2. The minimum atomic E-state index is -0.477. The van der Waals surface area contributed by atoms with Crippen LogP contribution in [-0.4, -0.2) is 20.9 Å². The highest BCUT2D eigenvalue weighted by molar-refractivity contribution is 6.33. The zero-order valence-electron chi connectivity index (χ0n) is 8.89. The quantitative estimate of drug-likeness (QED) is 0.650. The number of amides is 1. The molecule has 0 aliphatic rings. The molecule has 2 rings (SSSR count). The molecule has 0 atom stereocenters. The average Bonchev–Trinajstić information content (AvgIpc) is 2.32. The summed E-state index contributed by atoms with van der Waals surface area (Å²) in [4.78, 5) is 23.2. The molecule has 2 aromatic rings. The number of nitrogens with zero attached hydrogens (tertiary/aromatic N) is 3. The van der Waals surface area contributed by atoms with E-state index in [0.29, 0.717) is 5.69 Å². The van der Waals surface area contributed by atoms with Crippen LogP contribution < -0.4 is 11.1 Å². The van der Waals surface area contributed by atoms with E-state index in [1.807, 2.05) is 0 Å². The fourth-order valence-electron chi connectivity index (χ4n) is 1.21. The third kappa shape index (κ3) is 2.85. The van der Waals surface area contributed by atoms with Gasteiger partial charge in [0.15, 0.2) is 0 Å². The standard InChI is InChI=1S/C10H7Cl2N5O/c11-7-2-8(16-4-15-7)17-10(18)6-1-5(13)3-14-9(6)12/h1-4H,13H2,(H,15,16,17,18). The van der Waals surface area contributed by atoms with Crippen LogP contribution in [0.15, 0.2) is 24.7 Å². The molecular formula is C10H7Cl2N5O. The number of nitrogen functional groups attached to an aromatic ring is 1. The van der Waals surface area contributed by atoms with Gasteiger partial charge in [0.2, 0.25) is 0 Å². The first-order valence-corrected chi connectivity index (χ1v) is 5.52. The van der Waals surface area contributed by atoms with E-state index in [2.05, 4.69) is 20.3 Å². The number of halogens is 2. The van der Waals surface area contributed by atoms with Crippen LogP contribution in [0.5, 0.6) is 0 Å². The number of hydrogen-bond donors (Lipinski definition) is 2. The SMILES string of the molecule is Nc1cnc(Cl)c(C(=O)Nc2cc(Cl)ncn2)c1. The molecule has 0 saturated heterocycles. The monoisotopic (exact) mass is 283 g/mol. The van der Waals surface area contributed by atoms with Gasteiger partial charge in [-0.25, -0.2) is 15.0 Å². The van der Waals surface area contributed by atoms with Crippen molar-refractivity contribution in [1.82, 2.24) is 15.0 Å². The molecule has 6 nitrogen and oxygen atoms in total. The zero-order chi connectivity index (χ0) is 13.1. The molecule has 92 valence electrons. The summed E-state index contributed by atoms with van der Waals surface area (Å²) in [6, 6.07) is 2.83. The molecule has 18 heavy (non-hydrogen) atoms. The summed E-state index contributed by atoms with van der Waals surface area (Å²) in [6.07, 6.45) is 2.60. The lowest BCUT2D eigenvalue weighted by molar-refractivity contribution is 0.102. The smallest absolute Gasteiger partial charge is 0.260 e. The van der Waals surface area contributed by atoms with Gasteiger partial charge in [0, 0.05) is 6.07 Å². The normalized spacial score (nSPS) is 10.1. The number of aromatic nitrogens is 3. The van der Waals surface area contributed by atoms with E-state index in [1.165, 1.54) is 24.7 Å². The van der Waals surface area contributed by atoms with Crippen molar-refractivity contribution in [3.63, 3.8) is 0 Å². The summed E-state index contributed by atoms with van der Waals surface area (Å²) < 4.78 is 0. The lowest BCUT2D eigenvalue weighted by atomic mass is 10.2. The fourth-order valence-corrected chi connectivity index (χ4v) is 1.55. The van der Waals surface area contributed by atoms with Crippen molar-refractivity contribution in [2.24, 2.45) is 0 Å². The Hall–Kier alpha value is -1.92. The summed E-state index contributed by atoms with van der Waals surface area (Å²) in [5.74, 6) is -0.215. The molecule has 0 spiro atoms. The molecule has 3 N–H and O–H groups in total. The average molecular weight is 284 g/mol. The van der Waals surface area contributed by atoms with Gasteiger partial charge in [0.05, 0.1) is 17.4 Å². The number of hydrogen-bond acceptors (Lipinski definition) is 5. The number of carbonyl (C=O) groups excluding carboxylic acids is 1. The largest absolute Gasteiger partial charge is 0.397 e. The summed E-state index contributed by atoms with van der Waals surface area (Å²) in [5, 5.41) is 2.79. The highest BCUT2D eigenvalue weighted by Crippen LogP contribution is 2.17. The second-order valence-corrected chi connectivity index (χ2v) is 4.03. The molecule has 0 fully saturated rings. The van der Waals surface area contributed by atoms with E-state index in [0.717, 1.165) is 0 Å². The molecule has 0 aromatic carbocycles. The fraction of sp³-hybridized carbons (Fsp3) is 0. The van der Waals surface area contributed by atoms with Gasteiger partial charge in [0.1, 0.15) is 22.5 Å². The van der Waals surface area contributed by atoms with Crippen molar-refractivity contribution in [3.8, 4) is 0 Å². The van der Waals surface area contributed by atoms with Gasteiger partial charge in [-0.15, -0.1) is 0 Å². The molecule has 1 amide bonds. The number of pyridine rings is 1. The Balaban J connectivity index is 2.24. The predicted molar refractivity (Wildman–Crippen MR) is 68.7 cm³/mol. The van der Waals surface area contributed by atoms with Crippen LogP contribution in [0.4, 0.5) is 11.5 Å². The van der Waals surface area contributed by atoms with Crippen LogP contribution in [0.25, 0.3) is 0 Å². The molecule has 0 radical (unpaired) electrons. The number of carbonyl (C=O) groups is 1. The number of nitrogens with two attached hydrogens (primary N) is 1. The van der Waals surface area contributed by atoms with Gasteiger partial charge >= 0.3 is 0 Å². The minimum Gasteiger partial charge on any atom is -0.397 e. The number of nitrogens with one attached hydrogen (secondary N) is 1. The third-order valence-electron chi connectivity index (χ3n) is 1.98. The van der Waals surface area contributed by atoms with Crippen LogP contribution >= 0.6 is 23.2 Å². The summed E-state index contributed by atoms with van der Waals surface area (Å²) in [5.41, 5.74) is 6.03. The molecule has 8 heteroatoms. The van der Waals surface area contributed by atoms with E-state index in [9.17, 15) is 4.79 Å². The van der Waals surface area contributed by atoms with Crippen molar-refractivity contribution in [1.29, 1.82) is 0 Å². The van der Waals surface area contributed by atoms with Crippen LogP contribution in [0.2, 0.25) is 10.3 Å². The third-order valence-corrected chi connectivity index (χ3v) is 2.49. The summed E-state index contributed by atoms with van der Waals surface area (Å²) >= 11 is 11.5. The molecule has 2 heterocycles. The lowest BCUT2D eigenvalue weighted by Gasteiger charge is -2.06. The first-order valence-electron chi connectivity index (χ1n) is 4.76. The van der Waals surface area contributed by atoms with E-state index in [-0.39, 0.29) is 21.7 Å². The zero-order valence-corrected chi connectivity index (χ0v) is 10.4. The van der Waals surface area contributed by atoms with Gasteiger partial charge < -0.3 is 11.1 Å². The van der Waals surface area contributed by atoms with Gasteiger partial charge in [-0.1, -0.05) is 23.2 Å². The van der Waals surface area contributed by atoms with Crippen LogP contribution in [0, 0.1) is 0 Å². The van der Waals surface area contributed by atoms with E-state index in [4.69, 9.17) is 28.9 Å². The topological polar surface area (TPSA) is 93.8 Å². The molecule has 0 saturated carbocycles. The van der Waals surface area contributed by atoms with E-state index in [1.54, 1.807) is 0 Å². The molecule has 0 aliphatic heterocycles. The summed E-state index contributed by atoms with van der Waals surface area (Å²) in [7, 11) is 0. The van der Waals surface area contributed by atoms with Gasteiger partial charge in [-0.3, -0.25) is 4.79 Å². The molecule has 2 aromatic heterocycles. The molecule has 0 aliphatic carbocycles. The highest BCUT2D eigenvalue weighted by Gasteiger charge is 2.13. The Bertz CT molecular complexity index is 605. The van der Waals surface area contributed by atoms with Crippen LogP contribution in [0.1, 0.15) is 10.4 Å². The Morgan fingerprint density at radius 2 is 2.00 bits per heavy atom. The predicted octanol–water partition coefficient (Wildman–Crippen LogP) is 2.01. The Labute approximate surface area is 112 Å². The maximum Gasteiger partial charge on any atom is 0.260 e. The Kier molecular flexibility index (Phi) is 3.59. The maximum absolute atomic E-state index is 11.9. The maximum atomic E-state index is 11.9. The second-order valence-electron chi connectivity index (χ2n) is 3.29. The number of rotatable bonds is 2. The van der Waals surface area contributed by atoms with Crippen LogP contribution in [-0.2, 0) is 0 Å². The van der Waals surface area contributed by atoms with Gasteiger partial charge in [-0.2, -0.15) is 0 Å². The van der Waals surface area contributed by atoms with Crippen molar-refractivity contribution in [2.45, 2.75) is 0 Å². The molecule has 0 unspecified atom stereocenters. The Morgan fingerprint density at radius 3 is 2.72 bits per heavy atom. The van der Waals surface area contributed by atoms with Crippen molar-refractivity contribution >= 4 is 40.6 Å². The second kappa shape index (κ2) is 5.16. The van der Waals surface area contributed by atoms with Crippen molar-refractivity contribution in [2.75, 3.05) is 11.1 Å². The summed E-state index contributed by atoms with van der Waals surface area (Å²) in [6.45, 7) is 0. The van der Waals surface area contributed by atoms with Crippen molar-refractivity contribution in [3.05, 3.63) is 40.5 Å². The van der Waals surface area contributed by atoms with Gasteiger partial charge in [0.25, 0.3) is 5.91 Å². The van der Waals surface area contributed by atoms with Crippen molar-refractivity contribution < 1.29 is 4.79 Å². The lowest BCUT2D eigenvalue weighted by Crippen LogP contribution is -2.14.